The summed E-state index contributed by atoms with van der Waals surface area (Å²) in [6, 6.07) is 5.22. The van der Waals surface area contributed by atoms with E-state index in [0.29, 0.717) is 28.9 Å². The van der Waals surface area contributed by atoms with Crippen molar-refractivity contribution >= 4 is 23.4 Å². The van der Waals surface area contributed by atoms with E-state index in [2.05, 4.69) is 22.1 Å². The van der Waals surface area contributed by atoms with Gasteiger partial charge in [-0.25, -0.2) is 0 Å². The number of carbonyl (C=O) groups excluding carboxylic acids is 1. The van der Waals surface area contributed by atoms with Gasteiger partial charge in [-0.3, -0.25) is 4.79 Å². The lowest BCUT2D eigenvalue weighted by molar-refractivity contribution is -0.113. The van der Waals surface area contributed by atoms with E-state index < -0.39 is 0 Å². The molecule has 0 saturated carbocycles. The second-order valence-electron chi connectivity index (χ2n) is 5.09. The first kappa shape index (κ1) is 18.9. The Kier molecular flexibility index (Phi) is 6.88. The van der Waals surface area contributed by atoms with E-state index >= 15 is 0 Å². The number of nitrogens with one attached hydrogen (secondary N) is 1. The Morgan fingerprint density at radius 3 is 2.52 bits per heavy atom. The van der Waals surface area contributed by atoms with Crippen molar-refractivity contribution in [1.82, 2.24) is 14.8 Å². The lowest BCUT2D eigenvalue weighted by Gasteiger charge is -2.10. The van der Waals surface area contributed by atoms with Gasteiger partial charge in [-0.1, -0.05) is 24.8 Å². The molecule has 1 aromatic heterocycles. The van der Waals surface area contributed by atoms with Crippen LogP contribution in [0.4, 0.5) is 5.69 Å². The van der Waals surface area contributed by atoms with Crippen molar-refractivity contribution in [2.45, 2.75) is 25.0 Å². The first-order valence-corrected chi connectivity index (χ1v) is 8.78. The van der Waals surface area contributed by atoms with Crippen molar-refractivity contribution in [2.24, 2.45) is 0 Å². The van der Waals surface area contributed by atoms with Crippen LogP contribution < -0.4 is 14.8 Å². The van der Waals surface area contributed by atoms with E-state index in [-0.39, 0.29) is 11.7 Å². The second-order valence-corrected chi connectivity index (χ2v) is 6.03. The summed E-state index contributed by atoms with van der Waals surface area (Å²) in [7, 11) is 3.13. The molecule has 1 amide bonds. The zero-order valence-electron chi connectivity index (χ0n) is 14.6. The quantitative estimate of drug-likeness (QED) is 0.546. The van der Waals surface area contributed by atoms with Gasteiger partial charge >= 0.3 is 0 Å². The van der Waals surface area contributed by atoms with Crippen LogP contribution >= 0.6 is 11.8 Å². The maximum absolute atomic E-state index is 12.2. The smallest absolute Gasteiger partial charge is 0.234 e. The van der Waals surface area contributed by atoms with E-state index in [1.54, 1.807) is 38.5 Å². The lowest BCUT2D eigenvalue weighted by atomic mass is 10.2. The van der Waals surface area contributed by atoms with Gasteiger partial charge in [0.05, 0.1) is 20.0 Å². The van der Waals surface area contributed by atoms with Crippen LogP contribution in [0.25, 0.3) is 0 Å². The van der Waals surface area contributed by atoms with Crippen molar-refractivity contribution in [1.29, 1.82) is 0 Å². The summed E-state index contributed by atoms with van der Waals surface area (Å²) >= 11 is 1.34. The standard InChI is InChI=1S/C17H22N4O3S/c1-5-7-21-15(6-2)19-20-17(21)25-11-16(22)18-12-8-13(23-3)10-14(9-12)24-4/h5,8-10H,1,6-7,11H2,2-4H3,(H,18,22). The van der Waals surface area contributed by atoms with E-state index in [0.717, 1.165) is 12.2 Å². The summed E-state index contributed by atoms with van der Waals surface area (Å²) in [5.41, 5.74) is 0.614. The zero-order chi connectivity index (χ0) is 18.2. The number of benzene rings is 1. The molecule has 1 aromatic carbocycles. The summed E-state index contributed by atoms with van der Waals surface area (Å²) in [6.07, 6.45) is 2.56. The summed E-state index contributed by atoms with van der Waals surface area (Å²) in [5.74, 6) is 2.17. The number of methoxy groups -OCH3 is 2. The number of rotatable bonds is 9. The Bertz CT molecular complexity index is 723. The third-order valence-electron chi connectivity index (χ3n) is 3.39. The molecule has 0 saturated heterocycles. The highest BCUT2D eigenvalue weighted by Crippen LogP contribution is 2.26. The molecule has 25 heavy (non-hydrogen) atoms. The lowest BCUT2D eigenvalue weighted by Crippen LogP contribution is -2.15. The summed E-state index contributed by atoms with van der Waals surface area (Å²) in [4.78, 5) is 12.2. The van der Waals surface area contributed by atoms with Gasteiger partial charge in [-0.2, -0.15) is 0 Å². The van der Waals surface area contributed by atoms with Crippen LogP contribution in [0, 0.1) is 0 Å². The fourth-order valence-electron chi connectivity index (χ4n) is 2.21. The van der Waals surface area contributed by atoms with Crippen molar-refractivity contribution in [3.63, 3.8) is 0 Å². The van der Waals surface area contributed by atoms with Gasteiger partial charge in [0.15, 0.2) is 5.16 Å². The first-order valence-electron chi connectivity index (χ1n) is 7.80. The van der Waals surface area contributed by atoms with E-state index in [1.165, 1.54) is 11.8 Å². The van der Waals surface area contributed by atoms with Crippen LogP contribution in [0.5, 0.6) is 11.5 Å². The normalized spacial score (nSPS) is 10.4. The Balaban J connectivity index is 2.02. The topological polar surface area (TPSA) is 78.3 Å². The Morgan fingerprint density at radius 1 is 1.28 bits per heavy atom. The zero-order valence-corrected chi connectivity index (χ0v) is 15.4. The van der Waals surface area contributed by atoms with E-state index in [1.807, 2.05) is 11.5 Å². The molecule has 2 rings (SSSR count). The maximum atomic E-state index is 12.2. The molecule has 0 radical (unpaired) electrons. The predicted molar refractivity (Wildman–Crippen MR) is 98.5 cm³/mol. The van der Waals surface area contributed by atoms with Gasteiger partial charge in [-0.05, 0) is 0 Å². The molecule has 0 aliphatic carbocycles. The van der Waals surface area contributed by atoms with Crippen molar-refractivity contribution in [3.8, 4) is 11.5 Å². The number of amides is 1. The molecule has 0 bridgehead atoms. The molecule has 2 aromatic rings. The van der Waals surface area contributed by atoms with Crippen LogP contribution in [-0.4, -0.2) is 40.6 Å². The average molecular weight is 362 g/mol. The Labute approximate surface area is 151 Å². The van der Waals surface area contributed by atoms with Crippen LogP contribution in [-0.2, 0) is 17.8 Å². The number of aromatic nitrogens is 3. The number of nitrogens with zero attached hydrogens (tertiary/aromatic N) is 3. The van der Waals surface area contributed by atoms with Crippen LogP contribution in [0.1, 0.15) is 12.7 Å². The highest BCUT2D eigenvalue weighted by molar-refractivity contribution is 7.99. The summed E-state index contributed by atoms with van der Waals surface area (Å²) in [6.45, 7) is 6.38. The number of carbonyl (C=O) groups is 1. The SMILES string of the molecule is C=CCn1c(CC)nnc1SCC(=O)Nc1cc(OC)cc(OC)c1. The van der Waals surface area contributed by atoms with Crippen molar-refractivity contribution in [3.05, 3.63) is 36.7 Å². The third-order valence-corrected chi connectivity index (χ3v) is 4.36. The number of anilines is 1. The first-order chi connectivity index (χ1) is 12.1. The molecule has 0 atom stereocenters. The maximum Gasteiger partial charge on any atom is 0.234 e. The van der Waals surface area contributed by atoms with Crippen LogP contribution in [0.15, 0.2) is 36.0 Å². The minimum absolute atomic E-state index is 0.147. The Hall–Kier alpha value is -2.48. The van der Waals surface area contributed by atoms with Crippen molar-refractivity contribution in [2.75, 3.05) is 25.3 Å². The number of hydrogen-bond acceptors (Lipinski definition) is 6. The number of thioether (sulfide) groups is 1. The third kappa shape index (κ3) is 4.99. The predicted octanol–water partition coefficient (Wildman–Crippen LogP) is 2.77. The van der Waals surface area contributed by atoms with E-state index in [9.17, 15) is 4.79 Å². The number of hydrogen-bond donors (Lipinski definition) is 1. The second kappa shape index (κ2) is 9.12. The van der Waals surface area contributed by atoms with Crippen LogP contribution in [0.2, 0.25) is 0 Å². The van der Waals surface area contributed by atoms with Gasteiger partial charge in [0.2, 0.25) is 5.91 Å². The summed E-state index contributed by atoms with van der Waals surface area (Å²) < 4.78 is 12.4. The summed E-state index contributed by atoms with van der Waals surface area (Å²) in [5, 5.41) is 11.8. The van der Waals surface area contributed by atoms with Crippen molar-refractivity contribution < 1.29 is 14.3 Å². The molecule has 1 heterocycles. The van der Waals surface area contributed by atoms with E-state index in [4.69, 9.17) is 9.47 Å². The molecule has 1 N–H and O–H groups in total. The Morgan fingerprint density at radius 2 is 1.96 bits per heavy atom. The molecular formula is C17H22N4O3S. The molecule has 7 nitrogen and oxygen atoms in total. The molecule has 134 valence electrons. The molecule has 8 heteroatoms. The monoisotopic (exact) mass is 362 g/mol. The highest BCUT2D eigenvalue weighted by Gasteiger charge is 2.13. The highest BCUT2D eigenvalue weighted by atomic mass is 32.2. The van der Waals surface area contributed by atoms with Crippen LogP contribution in [0.3, 0.4) is 0 Å². The van der Waals surface area contributed by atoms with Gasteiger partial charge in [-0.15, -0.1) is 16.8 Å². The average Bonchev–Trinajstić information content (AvgIpc) is 3.01. The van der Waals surface area contributed by atoms with Gasteiger partial charge in [0, 0.05) is 36.9 Å². The number of ether oxygens (including phenoxy) is 2. The minimum atomic E-state index is -0.147. The molecule has 0 unspecified atom stereocenters. The molecule has 0 spiro atoms. The molecule has 0 fully saturated rings. The fraction of sp³-hybridized carbons (Fsp3) is 0.353. The molecule has 0 aliphatic rings. The number of aryl methyl sites for hydroxylation is 1. The molecular weight excluding hydrogens is 340 g/mol. The fourth-order valence-corrected chi connectivity index (χ4v) is 2.97. The largest absolute Gasteiger partial charge is 0.497 e. The number of allylic oxidation sites excluding steroid dienone is 1. The van der Waals surface area contributed by atoms with Gasteiger partial charge in [0.1, 0.15) is 17.3 Å². The van der Waals surface area contributed by atoms with Gasteiger partial charge < -0.3 is 19.4 Å². The minimum Gasteiger partial charge on any atom is -0.497 e. The molecule has 0 aliphatic heterocycles. The van der Waals surface area contributed by atoms with Gasteiger partial charge in [0.25, 0.3) is 0 Å².